The molecule has 0 unspecified atom stereocenters. The minimum Gasteiger partial charge on any atom is -0.257 e. The van der Waals surface area contributed by atoms with E-state index in [2.05, 4.69) is 36.2 Å². The van der Waals surface area contributed by atoms with Crippen molar-refractivity contribution in [3.63, 3.8) is 0 Å². The standard InChI is InChI=1S/C16H15N/c1-14(13-15-7-3-2-4-8-15)10-11-16-9-5-6-12-17-16/h2-13H,1H3/b11-10-,14-13-. The van der Waals surface area contributed by atoms with Gasteiger partial charge in [-0.3, -0.25) is 4.98 Å². The van der Waals surface area contributed by atoms with Crippen LogP contribution in [0.25, 0.3) is 12.2 Å². The molecule has 84 valence electrons. The number of nitrogens with zero attached hydrogens (tertiary/aromatic N) is 1. The Morgan fingerprint density at radius 3 is 2.47 bits per heavy atom. The first-order valence-corrected chi connectivity index (χ1v) is 5.67. The molecule has 0 amide bonds. The molecule has 1 heterocycles. The van der Waals surface area contributed by atoms with Gasteiger partial charge in [-0.05, 0) is 30.7 Å². The van der Waals surface area contributed by atoms with Crippen LogP contribution in [0.3, 0.4) is 0 Å². The highest BCUT2D eigenvalue weighted by Crippen LogP contribution is 2.08. The first-order chi connectivity index (χ1) is 8.34. The zero-order valence-electron chi connectivity index (χ0n) is 9.88. The van der Waals surface area contributed by atoms with Crippen LogP contribution >= 0.6 is 0 Å². The average molecular weight is 221 g/mol. The summed E-state index contributed by atoms with van der Waals surface area (Å²) in [4.78, 5) is 4.24. The summed E-state index contributed by atoms with van der Waals surface area (Å²) >= 11 is 0. The third-order valence-corrected chi connectivity index (χ3v) is 2.40. The predicted octanol–water partition coefficient (Wildman–Crippen LogP) is 4.20. The molecule has 0 radical (unpaired) electrons. The number of rotatable bonds is 3. The van der Waals surface area contributed by atoms with Crippen molar-refractivity contribution < 1.29 is 0 Å². The van der Waals surface area contributed by atoms with Gasteiger partial charge < -0.3 is 0 Å². The van der Waals surface area contributed by atoms with E-state index in [1.165, 1.54) is 11.1 Å². The lowest BCUT2D eigenvalue weighted by molar-refractivity contribution is 1.29. The van der Waals surface area contributed by atoms with Crippen LogP contribution in [-0.4, -0.2) is 4.98 Å². The summed E-state index contributed by atoms with van der Waals surface area (Å²) in [5, 5.41) is 0. The van der Waals surface area contributed by atoms with Crippen molar-refractivity contribution in [3.8, 4) is 0 Å². The smallest absolute Gasteiger partial charge is 0.0629 e. The Kier molecular flexibility index (Phi) is 3.87. The van der Waals surface area contributed by atoms with E-state index in [1.54, 1.807) is 6.20 Å². The van der Waals surface area contributed by atoms with Gasteiger partial charge in [-0.1, -0.05) is 54.1 Å². The van der Waals surface area contributed by atoms with Crippen LogP contribution in [-0.2, 0) is 0 Å². The molecule has 0 saturated heterocycles. The van der Waals surface area contributed by atoms with Crippen molar-refractivity contribution in [2.24, 2.45) is 0 Å². The van der Waals surface area contributed by atoms with Gasteiger partial charge in [-0.15, -0.1) is 0 Å². The van der Waals surface area contributed by atoms with Crippen molar-refractivity contribution in [1.82, 2.24) is 4.98 Å². The van der Waals surface area contributed by atoms with Crippen molar-refractivity contribution >= 4 is 12.2 Å². The van der Waals surface area contributed by atoms with Crippen LogP contribution in [0, 0.1) is 0 Å². The summed E-state index contributed by atoms with van der Waals surface area (Å²) in [6, 6.07) is 16.2. The number of allylic oxidation sites excluding steroid dienone is 2. The summed E-state index contributed by atoms with van der Waals surface area (Å²) < 4.78 is 0. The summed E-state index contributed by atoms with van der Waals surface area (Å²) in [5.74, 6) is 0. The summed E-state index contributed by atoms with van der Waals surface area (Å²) in [5.41, 5.74) is 3.41. The topological polar surface area (TPSA) is 12.9 Å². The maximum atomic E-state index is 4.24. The molecule has 0 aliphatic heterocycles. The van der Waals surface area contributed by atoms with Gasteiger partial charge in [-0.25, -0.2) is 0 Å². The highest BCUT2D eigenvalue weighted by molar-refractivity contribution is 5.59. The Bertz CT molecular complexity index is 510. The number of pyridine rings is 1. The fourth-order valence-electron chi connectivity index (χ4n) is 1.55. The molecule has 1 nitrogen and oxygen atoms in total. The SMILES string of the molecule is CC(/C=C\c1ccccn1)=C/c1ccccc1. The van der Waals surface area contributed by atoms with E-state index >= 15 is 0 Å². The first kappa shape index (κ1) is 11.3. The van der Waals surface area contributed by atoms with E-state index in [1.807, 2.05) is 42.5 Å². The molecule has 0 spiro atoms. The quantitative estimate of drug-likeness (QED) is 0.708. The molecule has 2 rings (SSSR count). The molecular weight excluding hydrogens is 206 g/mol. The summed E-state index contributed by atoms with van der Waals surface area (Å²) in [6.45, 7) is 2.09. The molecule has 0 bridgehead atoms. The van der Waals surface area contributed by atoms with E-state index in [0.717, 1.165) is 5.69 Å². The van der Waals surface area contributed by atoms with Crippen LogP contribution in [0.5, 0.6) is 0 Å². The fourth-order valence-corrected chi connectivity index (χ4v) is 1.55. The molecule has 0 aliphatic rings. The Morgan fingerprint density at radius 1 is 1.00 bits per heavy atom. The third-order valence-electron chi connectivity index (χ3n) is 2.40. The van der Waals surface area contributed by atoms with Gasteiger partial charge in [0.05, 0.1) is 5.69 Å². The van der Waals surface area contributed by atoms with Crippen LogP contribution in [0.2, 0.25) is 0 Å². The first-order valence-electron chi connectivity index (χ1n) is 5.67. The van der Waals surface area contributed by atoms with Gasteiger partial charge in [0.15, 0.2) is 0 Å². The van der Waals surface area contributed by atoms with Gasteiger partial charge in [0.1, 0.15) is 0 Å². The zero-order valence-corrected chi connectivity index (χ0v) is 9.88. The Balaban J connectivity index is 2.09. The molecule has 0 saturated carbocycles. The van der Waals surface area contributed by atoms with Crippen molar-refractivity contribution in [3.05, 3.63) is 77.6 Å². The Labute approximate surface area is 102 Å². The normalized spacial score (nSPS) is 11.9. The van der Waals surface area contributed by atoms with E-state index in [-0.39, 0.29) is 0 Å². The van der Waals surface area contributed by atoms with E-state index in [9.17, 15) is 0 Å². The molecule has 0 N–H and O–H groups in total. The molecular formula is C16H15N. The van der Waals surface area contributed by atoms with Crippen LogP contribution in [0.1, 0.15) is 18.2 Å². The summed E-state index contributed by atoms with van der Waals surface area (Å²) in [7, 11) is 0. The highest BCUT2D eigenvalue weighted by atomic mass is 14.6. The molecule has 0 atom stereocenters. The highest BCUT2D eigenvalue weighted by Gasteiger charge is 1.88. The second-order valence-electron chi connectivity index (χ2n) is 3.89. The number of hydrogen-bond acceptors (Lipinski definition) is 1. The third kappa shape index (κ3) is 3.72. The van der Waals surface area contributed by atoms with E-state index < -0.39 is 0 Å². The number of aromatic nitrogens is 1. The molecule has 1 aromatic carbocycles. The van der Waals surface area contributed by atoms with Gasteiger partial charge >= 0.3 is 0 Å². The van der Waals surface area contributed by atoms with Crippen LogP contribution < -0.4 is 0 Å². The van der Waals surface area contributed by atoms with Crippen LogP contribution in [0.15, 0.2) is 66.4 Å². The number of hydrogen-bond donors (Lipinski definition) is 0. The van der Waals surface area contributed by atoms with Crippen molar-refractivity contribution in [2.45, 2.75) is 6.92 Å². The van der Waals surface area contributed by atoms with Gasteiger partial charge in [0.2, 0.25) is 0 Å². The molecule has 0 aliphatic carbocycles. The minimum atomic E-state index is 0.980. The minimum absolute atomic E-state index is 0.980. The fraction of sp³-hybridized carbons (Fsp3) is 0.0625. The Hall–Kier alpha value is -2.15. The molecule has 0 fully saturated rings. The van der Waals surface area contributed by atoms with Crippen molar-refractivity contribution in [2.75, 3.05) is 0 Å². The molecule has 17 heavy (non-hydrogen) atoms. The molecule has 1 aromatic heterocycles. The maximum Gasteiger partial charge on any atom is 0.0629 e. The van der Waals surface area contributed by atoms with Crippen LogP contribution in [0.4, 0.5) is 0 Å². The van der Waals surface area contributed by atoms with E-state index in [4.69, 9.17) is 0 Å². The van der Waals surface area contributed by atoms with Gasteiger partial charge in [0, 0.05) is 6.20 Å². The second-order valence-corrected chi connectivity index (χ2v) is 3.89. The van der Waals surface area contributed by atoms with E-state index in [0.29, 0.717) is 0 Å². The predicted molar refractivity (Wildman–Crippen MR) is 73.4 cm³/mol. The molecule has 2 aromatic rings. The largest absolute Gasteiger partial charge is 0.257 e. The number of benzene rings is 1. The van der Waals surface area contributed by atoms with Crippen molar-refractivity contribution in [1.29, 1.82) is 0 Å². The lowest BCUT2D eigenvalue weighted by Gasteiger charge is -1.95. The maximum absolute atomic E-state index is 4.24. The lowest BCUT2D eigenvalue weighted by atomic mass is 10.1. The second kappa shape index (κ2) is 5.80. The average Bonchev–Trinajstić information content (AvgIpc) is 2.39. The molecule has 1 heteroatoms. The monoisotopic (exact) mass is 221 g/mol. The van der Waals surface area contributed by atoms with Gasteiger partial charge in [0.25, 0.3) is 0 Å². The zero-order chi connectivity index (χ0) is 11.9. The summed E-state index contributed by atoms with van der Waals surface area (Å²) in [6.07, 6.45) is 8.06. The Morgan fingerprint density at radius 2 is 1.76 bits per heavy atom. The lowest BCUT2D eigenvalue weighted by Crippen LogP contribution is -1.77. The van der Waals surface area contributed by atoms with Gasteiger partial charge in [-0.2, -0.15) is 0 Å².